The van der Waals surface area contributed by atoms with Gasteiger partial charge in [0, 0.05) is 23.5 Å². The molecule has 0 radical (unpaired) electrons. The van der Waals surface area contributed by atoms with Gasteiger partial charge in [0.15, 0.2) is 0 Å². The summed E-state index contributed by atoms with van der Waals surface area (Å²) in [4.78, 5) is 1.22. The molecule has 0 amide bonds. The average molecular weight is 309 g/mol. The van der Waals surface area contributed by atoms with Crippen molar-refractivity contribution < 1.29 is 13.5 Å². The maximum absolute atomic E-state index is 12.3. The van der Waals surface area contributed by atoms with Crippen molar-refractivity contribution in [3.05, 3.63) is 59.7 Å². The molecule has 0 heterocycles. The molecular weight excluding hydrogens is 292 g/mol. The second-order valence-electron chi connectivity index (χ2n) is 4.44. The maximum Gasteiger partial charge on any atom is 0.387 e. The Morgan fingerprint density at radius 1 is 1.05 bits per heavy atom. The number of halogens is 2. The fraction of sp³-hybridized carbons (Fsp3) is 0.250. The van der Waals surface area contributed by atoms with E-state index in [1.54, 1.807) is 30.0 Å². The molecule has 5 heteroatoms. The minimum absolute atomic E-state index is 0.220. The Bertz CT molecular complexity index is 560. The van der Waals surface area contributed by atoms with E-state index in [1.165, 1.54) is 4.90 Å². The van der Waals surface area contributed by atoms with Gasteiger partial charge in [-0.1, -0.05) is 30.3 Å². The Labute approximate surface area is 127 Å². The summed E-state index contributed by atoms with van der Waals surface area (Å²) in [7, 11) is 0. The Kier molecular flexibility index (Phi) is 6.02. The third kappa shape index (κ3) is 5.02. The molecule has 0 aromatic heterocycles. The molecule has 0 bridgehead atoms. The smallest absolute Gasteiger partial charge is 0.387 e. The number of rotatable bonds is 7. The van der Waals surface area contributed by atoms with Gasteiger partial charge < -0.3 is 10.1 Å². The molecule has 112 valence electrons. The molecule has 0 spiro atoms. The second kappa shape index (κ2) is 8.00. The third-order valence-electron chi connectivity index (χ3n) is 2.99. The molecule has 21 heavy (non-hydrogen) atoms. The first-order valence-electron chi connectivity index (χ1n) is 6.55. The van der Waals surface area contributed by atoms with Crippen molar-refractivity contribution in [2.45, 2.75) is 24.6 Å². The van der Waals surface area contributed by atoms with E-state index in [4.69, 9.17) is 0 Å². The van der Waals surface area contributed by atoms with E-state index in [9.17, 15) is 8.78 Å². The van der Waals surface area contributed by atoms with Crippen molar-refractivity contribution in [1.82, 2.24) is 5.32 Å². The van der Waals surface area contributed by atoms with Gasteiger partial charge in [0.2, 0.25) is 0 Å². The zero-order valence-electron chi connectivity index (χ0n) is 11.7. The first kappa shape index (κ1) is 15.8. The van der Waals surface area contributed by atoms with Gasteiger partial charge in [-0.2, -0.15) is 8.78 Å². The SMILES string of the molecule is CSc1ccc(CNCc2ccccc2OC(F)F)cc1. The van der Waals surface area contributed by atoms with Crippen LogP contribution in [-0.2, 0) is 13.1 Å². The molecule has 0 saturated carbocycles. The van der Waals surface area contributed by atoms with Gasteiger partial charge in [-0.05, 0) is 30.0 Å². The minimum Gasteiger partial charge on any atom is -0.434 e. The number of ether oxygens (including phenoxy) is 1. The van der Waals surface area contributed by atoms with Crippen LogP contribution < -0.4 is 10.1 Å². The van der Waals surface area contributed by atoms with E-state index in [0.717, 1.165) is 11.1 Å². The predicted molar refractivity (Wildman–Crippen MR) is 81.8 cm³/mol. The lowest BCUT2D eigenvalue weighted by Gasteiger charge is -2.11. The van der Waals surface area contributed by atoms with E-state index in [-0.39, 0.29) is 5.75 Å². The Morgan fingerprint density at radius 3 is 2.43 bits per heavy atom. The van der Waals surface area contributed by atoms with E-state index < -0.39 is 6.61 Å². The molecule has 0 aliphatic heterocycles. The first-order chi connectivity index (χ1) is 10.2. The molecule has 0 fully saturated rings. The topological polar surface area (TPSA) is 21.3 Å². The number of hydrogen-bond donors (Lipinski definition) is 1. The maximum atomic E-state index is 12.3. The zero-order chi connectivity index (χ0) is 15.1. The summed E-state index contributed by atoms with van der Waals surface area (Å²) in [5, 5.41) is 3.24. The molecule has 1 N–H and O–H groups in total. The standard InChI is InChI=1S/C16H17F2NOS/c1-21-14-8-6-12(7-9-14)10-19-11-13-4-2-3-5-15(13)20-16(17)18/h2-9,16,19H,10-11H2,1H3. The lowest BCUT2D eigenvalue weighted by Crippen LogP contribution is -2.14. The zero-order valence-corrected chi connectivity index (χ0v) is 12.5. The van der Waals surface area contributed by atoms with Crippen LogP contribution in [0.3, 0.4) is 0 Å². The van der Waals surface area contributed by atoms with Crippen molar-refractivity contribution in [1.29, 1.82) is 0 Å². The molecule has 2 aromatic carbocycles. The fourth-order valence-corrected chi connectivity index (χ4v) is 2.35. The highest BCUT2D eigenvalue weighted by molar-refractivity contribution is 7.98. The Balaban J connectivity index is 1.90. The largest absolute Gasteiger partial charge is 0.434 e. The quantitative estimate of drug-likeness (QED) is 0.771. The lowest BCUT2D eigenvalue weighted by molar-refractivity contribution is -0.0505. The normalized spacial score (nSPS) is 10.9. The molecule has 0 saturated heterocycles. The van der Waals surface area contributed by atoms with Gasteiger partial charge in [-0.25, -0.2) is 0 Å². The number of thioether (sulfide) groups is 1. The van der Waals surface area contributed by atoms with E-state index in [1.807, 2.05) is 12.3 Å². The average Bonchev–Trinajstić information content (AvgIpc) is 2.49. The summed E-state index contributed by atoms with van der Waals surface area (Å²) in [5.74, 6) is 0.220. The van der Waals surface area contributed by atoms with Crippen LogP contribution in [0.2, 0.25) is 0 Å². The summed E-state index contributed by atoms with van der Waals surface area (Å²) in [6.45, 7) is -1.64. The van der Waals surface area contributed by atoms with Crippen molar-refractivity contribution in [2.24, 2.45) is 0 Å². The highest BCUT2D eigenvalue weighted by Gasteiger charge is 2.08. The summed E-state index contributed by atoms with van der Waals surface area (Å²) in [6, 6.07) is 15.1. The monoisotopic (exact) mass is 309 g/mol. The molecule has 0 atom stereocenters. The summed E-state index contributed by atoms with van der Waals surface area (Å²) in [5.41, 5.74) is 1.87. The highest BCUT2D eigenvalue weighted by Crippen LogP contribution is 2.20. The van der Waals surface area contributed by atoms with E-state index >= 15 is 0 Å². The lowest BCUT2D eigenvalue weighted by atomic mass is 10.2. The highest BCUT2D eigenvalue weighted by atomic mass is 32.2. The van der Waals surface area contributed by atoms with Crippen molar-refractivity contribution in [2.75, 3.05) is 6.26 Å². The number of alkyl halides is 2. The van der Waals surface area contributed by atoms with Crippen LogP contribution >= 0.6 is 11.8 Å². The first-order valence-corrected chi connectivity index (χ1v) is 7.78. The summed E-state index contributed by atoms with van der Waals surface area (Å²) in [6.07, 6.45) is 2.03. The third-order valence-corrected chi connectivity index (χ3v) is 3.74. The molecule has 2 nitrogen and oxygen atoms in total. The van der Waals surface area contributed by atoms with Gasteiger partial charge in [0.25, 0.3) is 0 Å². The second-order valence-corrected chi connectivity index (χ2v) is 5.32. The molecule has 2 aromatic rings. The van der Waals surface area contributed by atoms with Crippen LogP contribution in [0.1, 0.15) is 11.1 Å². The van der Waals surface area contributed by atoms with Gasteiger partial charge >= 0.3 is 6.61 Å². The van der Waals surface area contributed by atoms with Crippen LogP contribution in [0.5, 0.6) is 5.75 Å². The number of para-hydroxylation sites is 1. The number of nitrogens with one attached hydrogen (secondary N) is 1. The van der Waals surface area contributed by atoms with E-state index in [2.05, 4.69) is 34.3 Å². The predicted octanol–water partition coefficient (Wildman–Crippen LogP) is 4.30. The van der Waals surface area contributed by atoms with Crippen LogP contribution in [0.4, 0.5) is 8.78 Å². The van der Waals surface area contributed by atoms with Crippen LogP contribution in [0.25, 0.3) is 0 Å². The number of hydrogen-bond acceptors (Lipinski definition) is 3. The van der Waals surface area contributed by atoms with E-state index in [0.29, 0.717) is 13.1 Å². The van der Waals surface area contributed by atoms with Crippen molar-refractivity contribution in [3.8, 4) is 5.75 Å². The van der Waals surface area contributed by atoms with Gasteiger partial charge in [-0.3, -0.25) is 0 Å². The number of benzene rings is 2. The molecule has 0 unspecified atom stereocenters. The Hall–Kier alpha value is -1.59. The van der Waals surface area contributed by atoms with Crippen molar-refractivity contribution >= 4 is 11.8 Å². The summed E-state index contributed by atoms with van der Waals surface area (Å²) >= 11 is 1.70. The molecule has 2 rings (SSSR count). The molecule has 0 aliphatic carbocycles. The Morgan fingerprint density at radius 2 is 1.76 bits per heavy atom. The summed E-state index contributed by atoms with van der Waals surface area (Å²) < 4.78 is 29.1. The van der Waals surface area contributed by atoms with Crippen molar-refractivity contribution in [3.63, 3.8) is 0 Å². The van der Waals surface area contributed by atoms with Gasteiger partial charge in [0.1, 0.15) is 5.75 Å². The van der Waals surface area contributed by atoms with Gasteiger partial charge in [-0.15, -0.1) is 11.8 Å². The minimum atomic E-state index is -2.80. The van der Waals surface area contributed by atoms with Crippen LogP contribution in [-0.4, -0.2) is 12.9 Å². The van der Waals surface area contributed by atoms with Crippen LogP contribution in [0.15, 0.2) is 53.4 Å². The molecule has 0 aliphatic rings. The molecular formula is C16H17F2NOS. The van der Waals surface area contributed by atoms with Crippen LogP contribution in [0, 0.1) is 0 Å². The van der Waals surface area contributed by atoms with Gasteiger partial charge in [0.05, 0.1) is 0 Å². The fourth-order valence-electron chi connectivity index (χ4n) is 1.95.